The van der Waals surface area contributed by atoms with E-state index in [-0.39, 0.29) is 11.9 Å². The first-order chi connectivity index (χ1) is 12.5. The summed E-state index contributed by atoms with van der Waals surface area (Å²) in [6.45, 7) is 8.93. The first kappa shape index (κ1) is 18.6. The third-order valence-corrected chi connectivity index (χ3v) is 4.94. The van der Waals surface area contributed by atoms with Gasteiger partial charge in [-0.2, -0.15) is 5.10 Å². The van der Waals surface area contributed by atoms with E-state index in [1.807, 2.05) is 48.9 Å². The van der Waals surface area contributed by atoms with Crippen molar-refractivity contribution in [1.82, 2.24) is 25.9 Å². The number of carbonyl (C=O) groups excluding carboxylic acids is 1. The minimum atomic E-state index is -0.177. The lowest BCUT2D eigenvalue weighted by molar-refractivity contribution is -0.123. The van der Waals surface area contributed by atoms with Crippen LogP contribution in [-0.4, -0.2) is 27.8 Å². The Kier molecular flexibility index (Phi) is 5.74. The molecular weight excluding hydrogens is 326 g/mol. The average Bonchev–Trinajstić information content (AvgIpc) is 3.18. The number of hydrazine groups is 1. The van der Waals surface area contributed by atoms with Gasteiger partial charge in [0, 0.05) is 23.8 Å². The van der Waals surface area contributed by atoms with Gasteiger partial charge in [0.2, 0.25) is 5.91 Å². The van der Waals surface area contributed by atoms with Gasteiger partial charge >= 0.3 is 0 Å². The molecular formula is C20H29N5O. The molecule has 2 heterocycles. The highest BCUT2D eigenvalue weighted by Crippen LogP contribution is 2.18. The van der Waals surface area contributed by atoms with Crippen LogP contribution in [0.1, 0.15) is 43.6 Å². The van der Waals surface area contributed by atoms with Gasteiger partial charge in [-0.3, -0.25) is 10.2 Å². The highest BCUT2D eigenvalue weighted by molar-refractivity contribution is 5.82. The second-order valence-corrected chi connectivity index (χ2v) is 7.52. The van der Waals surface area contributed by atoms with Crippen molar-refractivity contribution in [2.24, 2.45) is 5.92 Å². The molecule has 0 saturated carbocycles. The Bertz CT molecular complexity index is 753. The van der Waals surface area contributed by atoms with Crippen LogP contribution in [0.4, 0.5) is 0 Å². The van der Waals surface area contributed by atoms with Crippen molar-refractivity contribution < 1.29 is 4.79 Å². The number of benzene rings is 1. The molecule has 0 spiro atoms. The largest absolute Gasteiger partial charge is 0.350 e. The van der Waals surface area contributed by atoms with Crippen molar-refractivity contribution in [1.29, 1.82) is 0 Å². The maximum absolute atomic E-state index is 12.5. The third kappa shape index (κ3) is 4.14. The number of carbonyl (C=O) groups is 1. The van der Waals surface area contributed by atoms with Crippen LogP contribution in [0.5, 0.6) is 0 Å². The van der Waals surface area contributed by atoms with Crippen LogP contribution < -0.4 is 16.2 Å². The summed E-state index contributed by atoms with van der Waals surface area (Å²) >= 11 is 0. The van der Waals surface area contributed by atoms with Gasteiger partial charge in [0.15, 0.2) is 0 Å². The van der Waals surface area contributed by atoms with Gasteiger partial charge in [0.1, 0.15) is 6.04 Å². The number of hydrogen-bond donors (Lipinski definition) is 3. The number of amides is 1. The molecule has 1 amide bonds. The second kappa shape index (κ2) is 8.01. The number of aromatic nitrogens is 2. The zero-order chi connectivity index (χ0) is 18.7. The number of rotatable bonds is 6. The van der Waals surface area contributed by atoms with Gasteiger partial charge in [0.05, 0.1) is 11.4 Å². The van der Waals surface area contributed by atoms with Gasteiger partial charge in [-0.15, -0.1) is 0 Å². The maximum Gasteiger partial charge on any atom is 0.238 e. The standard InChI is InChI=1S/C20H29N5O/c1-13(2)10-16-11-19(23-22-16)20(26)21-12-18-14(3)24-25(15(18)4)17-8-6-5-7-9-17/h5-9,13,16,19,22-23H,10-12H2,1-4H3,(H,21,26). The average molecular weight is 355 g/mol. The number of hydrogen-bond acceptors (Lipinski definition) is 4. The Labute approximate surface area is 155 Å². The van der Waals surface area contributed by atoms with Crippen molar-refractivity contribution in [3.8, 4) is 5.69 Å². The van der Waals surface area contributed by atoms with E-state index in [2.05, 4.69) is 35.1 Å². The summed E-state index contributed by atoms with van der Waals surface area (Å²) in [5.41, 5.74) is 10.5. The van der Waals surface area contributed by atoms with Crippen molar-refractivity contribution >= 4 is 5.91 Å². The van der Waals surface area contributed by atoms with Gasteiger partial charge in [-0.1, -0.05) is 32.0 Å². The Morgan fingerprint density at radius 3 is 2.69 bits per heavy atom. The fraction of sp³-hybridized carbons (Fsp3) is 0.500. The van der Waals surface area contributed by atoms with Gasteiger partial charge in [-0.25, -0.2) is 10.1 Å². The van der Waals surface area contributed by atoms with Gasteiger partial charge < -0.3 is 5.32 Å². The molecule has 0 bridgehead atoms. The Balaban J connectivity index is 1.62. The molecule has 140 valence electrons. The smallest absolute Gasteiger partial charge is 0.238 e. The maximum atomic E-state index is 12.5. The lowest BCUT2D eigenvalue weighted by Gasteiger charge is -2.12. The molecule has 6 nitrogen and oxygen atoms in total. The van der Waals surface area contributed by atoms with E-state index in [4.69, 9.17) is 0 Å². The predicted molar refractivity (Wildman–Crippen MR) is 103 cm³/mol. The summed E-state index contributed by atoms with van der Waals surface area (Å²) in [6, 6.07) is 10.2. The van der Waals surface area contributed by atoms with Crippen molar-refractivity contribution in [3.63, 3.8) is 0 Å². The highest BCUT2D eigenvalue weighted by atomic mass is 16.2. The molecule has 0 aliphatic carbocycles. The Morgan fingerprint density at radius 2 is 2.00 bits per heavy atom. The number of nitrogens with one attached hydrogen (secondary N) is 3. The van der Waals surface area contributed by atoms with Gasteiger partial charge in [0.25, 0.3) is 0 Å². The van der Waals surface area contributed by atoms with E-state index in [1.54, 1.807) is 0 Å². The van der Waals surface area contributed by atoms with E-state index < -0.39 is 0 Å². The van der Waals surface area contributed by atoms with E-state index in [1.165, 1.54) is 0 Å². The predicted octanol–water partition coefficient (Wildman–Crippen LogP) is 2.39. The molecule has 2 unspecified atom stereocenters. The first-order valence-electron chi connectivity index (χ1n) is 9.35. The number of nitrogens with zero attached hydrogens (tertiary/aromatic N) is 2. The lowest BCUT2D eigenvalue weighted by Crippen LogP contribution is -2.43. The summed E-state index contributed by atoms with van der Waals surface area (Å²) in [7, 11) is 0. The quantitative estimate of drug-likeness (QED) is 0.744. The molecule has 1 saturated heterocycles. The van der Waals surface area contributed by atoms with Gasteiger partial charge in [-0.05, 0) is 44.7 Å². The lowest BCUT2D eigenvalue weighted by atomic mass is 10.00. The van der Waals surface area contributed by atoms with Crippen LogP contribution in [0, 0.1) is 19.8 Å². The first-order valence-corrected chi connectivity index (χ1v) is 9.35. The molecule has 1 aromatic carbocycles. The van der Waals surface area contributed by atoms with Crippen molar-refractivity contribution in [3.05, 3.63) is 47.3 Å². The molecule has 3 N–H and O–H groups in total. The Morgan fingerprint density at radius 1 is 1.27 bits per heavy atom. The summed E-state index contributed by atoms with van der Waals surface area (Å²) < 4.78 is 1.94. The topological polar surface area (TPSA) is 71.0 Å². The molecule has 26 heavy (non-hydrogen) atoms. The van der Waals surface area contributed by atoms with E-state index in [0.717, 1.165) is 35.5 Å². The molecule has 2 atom stereocenters. The summed E-state index contributed by atoms with van der Waals surface area (Å²) in [5, 5.41) is 7.70. The van der Waals surface area contributed by atoms with E-state index >= 15 is 0 Å². The third-order valence-electron chi connectivity index (χ3n) is 4.94. The fourth-order valence-electron chi connectivity index (χ4n) is 3.57. The second-order valence-electron chi connectivity index (χ2n) is 7.52. The van der Waals surface area contributed by atoms with Crippen LogP contribution in [0.25, 0.3) is 5.69 Å². The minimum absolute atomic E-state index is 0.0371. The van der Waals surface area contributed by atoms with Crippen LogP contribution >= 0.6 is 0 Å². The molecule has 1 fully saturated rings. The SMILES string of the molecule is Cc1nn(-c2ccccc2)c(C)c1CNC(=O)C1CC(CC(C)C)NN1. The molecule has 2 aromatic rings. The number of para-hydroxylation sites is 1. The molecule has 1 aromatic heterocycles. The fourth-order valence-corrected chi connectivity index (χ4v) is 3.57. The van der Waals surface area contributed by atoms with E-state index in [9.17, 15) is 4.79 Å². The molecule has 1 aliphatic rings. The Hall–Kier alpha value is -2.18. The molecule has 6 heteroatoms. The zero-order valence-corrected chi connectivity index (χ0v) is 16.0. The van der Waals surface area contributed by atoms with Crippen molar-refractivity contribution in [2.45, 2.75) is 59.2 Å². The van der Waals surface area contributed by atoms with Crippen molar-refractivity contribution in [2.75, 3.05) is 0 Å². The molecule has 1 aliphatic heterocycles. The van der Waals surface area contributed by atoms with Crippen LogP contribution in [-0.2, 0) is 11.3 Å². The summed E-state index contributed by atoms with van der Waals surface area (Å²) in [5.74, 6) is 0.653. The monoisotopic (exact) mass is 355 g/mol. The van der Waals surface area contributed by atoms with Crippen LogP contribution in [0.15, 0.2) is 30.3 Å². The summed E-state index contributed by atoms with van der Waals surface area (Å²) in [6.07, 6.45) is 1.89. The van der Waals surface area contributed by atoms with Crippen LogP contribution in [0.2, 0.25) is 0 Å². The zero-order valence-electron chi connectivity index (χ0n) is 16.0. The number of aryl methyl sites for hydroxylation is 1. The summed E-state index contributed by atoms with van der Waals surface area (Å²) in [4.78, 5) is 12.5. The minimum Gasteiger partial charge on any atom is -0.350 e. The molecule has 0 radical (unpaired) electrons. The highest BCUT2D eigenvalue weighted by Gasteiger charge is 2.29. The van der Waals surface area contributed by atoms with Crippen LogP contribution in [0.3, 0.4) is 0 Å². The van der Waals surface area contributed by atoms with E-state index in [0.29, 0.717) is 18.5 Å². The normalized spacial score (nSPS) is 19.9. The molecule has 3 rings (SSSR count).